The zero-order valence-corrected chi connectivity index (χ0v) is 12.3. The fourth-order valence-electron chi connectivity index (χ4n) is 2.02. The summed E-state index contributed by atoms with van der Waals surface area (Å²) in [7, 11) is -3.66. The van der Waals surface area contributed by atoms with Gasteiger partial charge in [-0.3, -0.25) is 0 Å². The van der Waals surface area contributed by atoms with Gasteiger partial charge in [-0.2, -0.15) is 0 Å². The van der Waals surface area contributed by atoms with Gasteiger partial charge in [-0.1, -0.05) is 12.1 Å². The second-order valence-corrected chi connectivity index (χ2v) is 6.20. The van der Waals surface area contributed by atoms with E-state index < -0.39 is 10.0 Å². The lowest BCUT2D eigenvalue weighted by molar-refractivity contribution is 0.598. The molecule has 0 spiro atoms. The topological polar surface area (TPSA) is 111 Å². The molecule has 8 heteroatoms. The van der Waals surface area contributed by atoms with Crippen LogP contribution in [-0.4, -0.2) is 23.4 Å². The fourth-order valence-corrected chi connectivity index (χ4v) is 2.53. The van der Waals surface area contributed by atoms with Crippen LogP contribution in [0.2, 0.25) is 0 Å². The molecule has 0 saturated carbocycles. The standard InChI is InChI=1S/C14H13N5O2S/c15-22(20,21)11-5-3-10(4-6-11)8-17-14-12-2-1-7-16-13(12)18-9-19-14/h1-7,9H,8H2,(H2,15,20,21)(H,16,17,18,19). The SMILES string of the molecule is NS(=O)(=O)c1ccc(CNc2ncnc3ncccc23)cc1. The first-order valence-corrected chi connectivity index (χ1v) is 8.00. The fraction of sp³-hybridized carbons (Fsp3) is 0.0714. The van der Waals surface area contributed by atoms with E-state index in [2.05, 4.69) is 20.3 Å². The number of nitrogens with two attached hydrogens (primary N) is 1. The van der Waals surface area contributed by atoms with Crippen molar-refractivity contribution >= 4 is 26.9 Å². The lowest BCUT2D eigenvalue weighted by atomic mass is 10.2. The van der Waals surface area contributed by atoms with E-state index in [1.165, 1.54) is 18.5 Å². The van der Waals surface area contributed by atoms with Crippen molar-refractivity contribution in [3.63, 3.8) is 0 Å². The highest BCUT2D eigenvalue weighted by Gasteiger charge is 2.07. The minimum Gasteiger partial charge on any atom is -0.365 e. The van der Waals surface area contributed by atoms with E-state index in [1.54, 1.807) is 18.3 Å². The molecule has 7 nitrogen and oxygen atoms in total. The van der Waals surface area contributed by atoms with Gasteiger partial charge in [0.05, 0.1) is 10.3 Å². The highest BCUT2D eigenvalue weighted by atomic mass is 32.2. The smallest absolute Gasteiger partial charge is 0.238 e. The van der Waals surface area contributed by atoms with Crippen LogP contribution in [0, 0.1) is 0 Å². The third-order valence-electron chi connectivity index (χ3n) is 3.12. The van der Waals surface area contributed by atoms with E-state index in [4.69, 9.17) is 5.14 Å². The molecule has 2 heterocycles. The molecule has 3 N–H and O–H groups in total. The van der Waals surface area contributed by atoms with Crippen LogP contribution in [-0.2, 0) is 16.6 Å². The van der Waals surface area contributed by atoms with Crippen molar-refractivity contribution in [2.75, 3.05) is 5.32 Å². The zero-order valence-electron chi connectivity index (χ0n) is 11.5. The van der Waals surface area contributed by atoms with Crippen molar-refractivity contribution in [3.8, 4) is 0 Å². The van der Waals surface area contributed by atoms with Crippen molar-refractivity contribution in [1.29, 1.82) is 0 Å². The van der Waals surface area contributed by atoms with E-state index in [-0.39, 0.29) is 4.90 Å². The number of nitrogens with zero attached hydrogens (tertiary/aromatic N) is 3. The molecule has 0 aliphatic carbocycles. The number of sulfonamides is 1. The summed E-state index contributed by atoms with van der Waals surface area (Å²) in [6.45, 7) is 0.492. The Hall–Kier alpha value is -2.58. The maximum Gasteiger partial charge on any atom is 0.238 e. The van der Waals surface area contributed by atoms with Crippen molar-refractivity contribution in [2.24, 2.45) is 5.14 Å². The summed E-state index contributed by atoms with van der Waals surface area (Å²) in [5.74, 6) is 0.675. The highest BCUT2D eigenvalue weighted by molar-refractivity contribution is 7.89. The van der Waals surface area contributed by atoms with E-state index in [9.17, 15) is 8.42 Å². The third-order valence-corrected chi connectivity index (χ3v) is 4.05. The molecule has 0 unspecified atom stereocenters. The van der Waals surface area contributed by atoms with Gasteiger partial charge in [0.15, 0.2) is 5.65 Å². The van der Waals surface area contributed by atoms with Crippen molar-refractivity contribution in [1.82, 2.24) is 15.0 Å². The molecule has 3 rings (SSSR count). The van der Waals surface area contributed by atoms with Crippen LogP contribution < -0.4 is 10.5 Å². The third kappa shape index (κ3) is 3.02. The normalized spacial score (nSPS) is 11.5. The Bertz CT molecular complexity index is 905. The average Bonchev–Trinajstić information content (AvgIpc) is 2.52. The number of primary sulfonamides is 1. The van der Waals surface area contributed by atoms with Gasteiger partial charge in [-0.05, 0) is 29.8 Å². The van der Waals surface area contributed by atoms with Crippen LogP contribution in [0.3, 0.4) is 0 Å². The summed E-state index contributed by atoms with van der Waals surface area (Å²) in [6, 6.07) is 10.1. The predicted molar refractivity (Wildman–Crippen MR) is 82.5 cm³/mol. The monoisotopic (exact) mass is 315 g/mol. The van der Waals surface area contributed by atoms with Crippen molar-refractivity contribution < 1.29 is 8.42 Å². The number of pyridine rings is 1. The zero-order chi connectivity index (χ0) is 15.6. The van der Waals surface area contributed by atoms with Crippen LogP contribution in [0.15, 0.2) is 53.8 Å². The Labute approximate surface area is 127 Å². The van der Waals surface area contributed by atoms with Gasteiger partial charge < -0.3 is 5.32 Å². The molecule has 0 fully saturated rings. The summed E-state index contributed by atoms with van der Waals surface area (Å²) in [5.41, 5.74) is 1.52. The molecule has 2 aromatic heterocycles. The number of hydrogen-bond acceptors (Lipinski definition) is 6. The summed E-state index contributed by atoms with van der Waals surface area (Å²) in [5, 5.41) is 9.08. The highest BCUT2D eigenvalue weighted by Crippen LogP contribution is 2.17. The largest absolute Gasteiger partial charge is 0.365 e. The van der Waals surface area contributed by atoms with E-state index in [0.29, 0.717) is 18.0 Å². The molecule has 3 aromatic rings. The Morgan fingerprint density at radius 3 is 2.55 bits per heavy atom. The molecule has 0 aliphatic rings. The van der Waals surface area contributed by atoms with Gasteiger partial charge in [-0.25, -0.2) is 28.5 Å². The molecule has 0 atom stereocenters. The molecular weight excluding hydrogens is 302 g/mol. The van der Waals surface area contributed by atoms with Gasteiger partial charge in [0, 0.05) is 12.7 Å². The Morgan fingerprint density at radius 2 is 1.82 bits per heavy atom. The summed E-state index contributed by atoms with van der Waals surface area (Å²) in [4.78, 5) is 12.5. The Kier molecular flexibility index (Phi) is 3.70. The number of benzene rings is 1. The first-order chi connectivity index (χ1) is 10.5. The second kappa shape index (κ2) is 5.66. The molecule has 0 bridgehead atoms. The maximum absolute atomic E-state index is 11.2. The summed E-state index contributed by atoms with van der Waals surface area (Å²) in [6.07, 6.45) is 3.12. The molecule has 0 radical (unpaired) electrons. The molecule has 0 saturated heterocycles. The first kappa shape index (κ1) is 14.4. The van der Waals surface area contributed by atoms with Crippen LogP contribution in [0.5, 0.6) is 0 Å². The molecule has 112 valence electrons. The average molecular weight is 315 g/mol. The summed E-state index contributed by atoms with van der Waals surface area (Å²) >= 11 is 0. The van der Waals surface area contributed by atoms with Crippen LogP contribution in [0.1, 0.15) is 5.56 Å². The molecule has 0 aliphatic heterocycles. The molecule has 22 heavy (non-hydrogen) atoms. The van der Waals surface area contributed by atoms with Crippen LogP contribution in [0.25, 0.3) is 11.0 Å². The van der Waals surface area contributed by atoms with Gasteiger partial charge in [0.1, 0.15) is 12.1 Å². The molecular formula is C14H13N5O2S. The van der Waals surface area contributed by atoms with Crippen molar-refractivity contribution in [2.45, 2.75) is 11.4 Å². The van der Waals surface area contributed by atoms with Crippen LogP contribution >= 0.6 is 0 Å². The van der Waals surface area contributed by atoms with Gasteiger partial charge in [0.2, 0.25) is 10.0 Å². The number of anilines is 1. The summed E-state index contributed by atoms with van der Waals surface area (Å²) < 4.78 is 22.4. The Balaban J connectivity index is 1.80. The lowest BCUT2D eigenvalue weighted by Crippen LogP contribution is -2.12. The van der Waals surface area contributed by atoms with E-state index in [0.717, 1.165) is 10.9 Å². The Morgan fingerprint density at radius 1 is 1.05 bits per heavy atom. The van der Waals surface area contributed by atoms with E-state index in [1.807, 2.05) is 12.1 Å². The number of aromatic nitrogens is 3. The van der Waals surface area contributed by atoms with Crippen molar-refractivity contribution in [3.05, 3.63) is 54.5 Å². The van der Waals surface area contributed by atoms with Crippen LogP contribution in [0.4, 0.5) is 5.82 Å². The number of nitrogens with one attached hydrogen (secondary N) is 1. The lowest BCUT2D eigenvalue weighted by Gasteiger charge is -2.08. The van der Waals surface area contributed by atoms with Gasteiger partial charge in [0.25, 0.3) is 0 Å². The quantitative estimate of drug-likeness (QED) is 0.750. The second-order valence-electron chi connectivity index (χ2n) is 4.64. The van der Waals surface area contributed by atoms with Gasteiger partial charge >= 0.3 is 0 Å². The number of hydrogen-bond donors (Lipinski definition) is 2. The minimum absolute atomic E-state index is 0.0907. The number of fused-ring (bicyclic) bond motifs is 1. The molecule has 0 amide bonds. The minimum atomic E-state index is -3.66. The predicted octanol–water partition coefficient (Wildman–Crippen LogP) is 1.28. The number of rotatable bonds is 4. The van der Waals surface area contributed by atoms with Gasteiger partial charge in [-0.15, -0.1) is 0 Å². The van der Waals surface area contributed by atoms with E-state index >= 15 is 0 Å². The molecule has 1 aromatic carbocycles. The maximum atomic E-state index is 11.2. The first-order valence-electron chi connectivity index (χ1n) is 6.45.